The van der Waals surface area contributed by atoms with Gasteiger partial charge < -0.3 is 24.8 Å². The Morgan fingerprint density at radius 2 is 1.70 bits per heavy atom. The number of amides is 1. The van der Waals surface area contributed by atoms with E-state index in [0.717, 1.165) is 54.0 Å². The lowest BCUT2D eigenvalue weighted by molar-refractivity contribution is -0.445. The summed E-state index contributed by atoms with van der Waals surface area (Å²) in [5, 5.41) is 7.75. The van der Waals surface area contributed by atoms with Gasteiger partial charge in [-0.15, -0.1) is 0 Å². The fourth-order valence-corrected chi connectivity index (χ4v) is 12.1. The van der Waals surface area contributed by atoms with Gasteiger partial charge in [0.15, 0.2) is 23.3 Å². The van der Waals surface area contributed by atoms with Crippen LogP contribution in [-0.2, 0) is 51.5 Å². The lowest BCUT2D eigenvalue weighted by atomic mass is 9.74. The molecule has 15 heteroatoms. The SMILES string of the molecule is Cn1c(=O)c(-c2c(Cl)cccc2Cl)cc2cnc(Nc3ccc(CNC(=O)Cc4ccc5c(c4)C(C)(C)C4=C6C=C7C8=[N+](CCC7OC6CCN45)c4ccc(S(=O)O)cc4C8(C)C)cc3)nc21. The molecule has 0 saturated carbocycles. The van der Waals surface area contributed by atoms with Gasteiger partial charge in [-0.25, -0.2) is 9.19 Å². The lowest BCUT2D eigenvalue weighted by Gasteiger charge is -2.42. The second-order valence-electron chi connectivity index (χ2n) is 19.0. The number of nitrogens with one attached hydrogen (secondary N) is 2. The van der Waals surface area contributed by atoms with Crippen molar-refractivity contribution in [2.75, 3.05) is 23.3 Å². The molecule has 2 aromatic heterocycles. The first-order valence-electron chi connectivity index (χ1n) is 22.5. The number of ether oxygens (including phenoxy) is 1. The summed E-state index contributed by atoms with van der Waals surface area (Å²) in [4.78, 5) is 38.8. The summed E-state index contributed by atoms with van der Waals surface area (Å²) in [6.07, 6.45) is 6.04. The van der Waals surface area contributed by atoms with Gasteiger partial charge in [0.05, 0.1) is 44.5 Å². The van der Waals surface area contributed by atoms with Crippen molar-refractivity contribution in [1.29, 1.82) is 0 Å². The minimum Gasteiger partial charge on any atom is -0.365 e. The first-order valence-corrected chi connectivity index (χ1v) is 24.3. The number of carbonyl (C=O) groups is 1. The third kappa shape index (κ3) is 7.16. The second-order valence-corrected chi connectivity index (χ2v) is 20.8. The van der Waals surface area contributed by atoms with Crippen LogP contribution in [0.1, 0.15) is 62.8 Å². The van der Waals surface area contributed by atoms with Gasteiger partial charge in [-0.2, -0.15) is 9.56 Å². The number of rotatable bonds is 8. The molecule has 67 heavy (non-hydrogen) atoms. The van der Waals surface area contributed by atoms with Crippen molar-refractivity contribution in [2.45, 2.75) is 81.4 Å². The summed E-state index contributed by atoms with van der Waals surface area (Å²) < 4.78 is 32.8. The fraction of sp³-hybridized carbons (Fsp3) is 0.288. The quantitative estimate of drug-likeness (QED) is 0.101. The van der Waals surface area contributed by atoms with E-state index in [-0.39, 0.29) is 40.9 Å². The van der Waals surface area contributed by atoms with Crippen LogP contribution in [0.2, 0.25) is 10.0 Å². The zero-order valence-electron chi connectivity index (χ0n) is 37.6. The van der Waals surface area contributed by atoms with Gasteiger partial charge in [0.25, 0.3) is 5.56 Å². The number of anilines is 3. The molecule has 12 nitrogen and oxygen atoms in total. The lowest BCUT2D eigenvalue weighted by Crippen LogP contribution is -2.47. The smallest absolute Gasteiger partial charge is 0.259 e. The summed E-state index contributed by atoms with van der Waals surface area (Å²) in [5.74, 6) is 0.259. The van der Waals surface area contributed by atoms with E-state index in [1.807, 2.05) is 36.4 Å². The maximum atomic E-state index is 13.4. The van der Waals surface area contributed by atoms with Crippen molar-refractivity contribution < 1.29 is 22.9 Å². The molecule has 6 aromatic rings. The molecule has 7 heterocycles. The summed E-state index contributed by atoms with van der Waals surface area (Å²) in [6, 6.07) is 26.6. The van der Waals surface area contributed by atoms with Gasteiger partial charge in [-0.3, -0.25) is 14.2 Å². The molecule has 0 bridgehead atoms. The molecule has 340 valence electrons. The molecule has 0 radical (unpaired) electrons. The summed E-state index contributed by atoms with van der Waals surface area (Å²) in [5.41, 5.74) is 12.3. The van der Waals surface area contributed by atoms with Crippen LogP contribution < -0.4 is 21.1 Å². The van der Waals surface area contributed by atoms with Gasteiger partial charge in [-0.1, -0.05) is 67.4 Å². The minimum absolute atomic E-state index is 0.00876. The van der Waals surface area contributed by atoms with Gasteiger partial charge >= 0.3 is 0 Å². The number of aryl methyl sites for hydroxylation is 1. The molecule has 1 amide bonds. The van der Waals surface area contributed by atoms with Gasteiger partial charge in [0.1, 0.15) is 5.65 Å². The number of carbonyl (C=O) groups excluding carboxylic acids is 1. The van der Waals surface area contributed by atoms with E-state index < -0.39 is 11.1 Å². The Balaban J connectivity index is 0.776. The molecule has 5 aliphatic heterocycles. The number of halogens is 2. The molecule has 5 aliphatic rings. The molecule has 0 aliphatic carbocycles. The van der Waals surface area contributed by atoms with Crippen molar-refractivity contribution in [3.05, 3.63) is 157 Å². The highest BCUT2D eigenvalue weighted by Crippen LogP contribution is 2.54. The summed E-state index contributed by atoms with van der Waals surface area (Å²) >= 11 is 10.8. The van der Waals surface area contributed by atoms with Crippen LogP contribution in [0.4, 0.5) is 23.0 Å². The zero-order chi connectivity index (χ0) is 46.7. The van der Waals surface area contributed by atoms with E-state index in [0.29, 0.717) is 49.6 Å². The average molecular weight is 954 g/mol. The van der Waals surface area contributed by atoms with Crippen molar-refractivity contribution in [3.63, 3.8) is 0 Å². The molecule has 0 saturated heterocycles. The van der Waals surface area contributed by atoms with E-state index in [1.54, 1.807) is 43.6 Å². The second kappa shape index (κ2) is 16.1. The summed E-state index contributed by atoms with van der Waals surface area (Å²) in [6.45, 7) is 11.0. The fourth-order valence-electron chi connectivity index (χ4n) is 11.1. The van der Waals surface area contributed by atoms with Crippen LogP contribution in [0.15, 0.2) is 124 Å². The molecule has 3 N–H and O–H groups in total. The third-order valence-electron chi connectivity index (χ3n) is 14.2. The van der Waals surface area contributed by atoms with Crippen LogP contribution in [0.5, 0.6) is 0 Å². The minimum atomic E-state index is -2.06. The van der Waals surface area contributed by atoms with Crippen molar-refractivity contribution in [3.8, 4) is 11.1 Å². The van der Waals surface area contributed by atoms with E-state index in [2.05, 4.69) is 82.0 Å². The number of fused-ring (bicyclic) bond motifs is 9. The topological polar surface area (TPSA) is 142 Å². The van der Waals surface area contributed by atoms with Crippen LogP contribution in [0.25, 0.3) is 22.2 Å². The maximum absolute atomic E-state index is 13.4. The standard InChI is InChI=1S/C52H47Cl2N7O5S/c1-51(2)36-21-29(11-15-40(36)60-19-17-42-33(46(51)60)25-34-43(66-42)18-20-61-41-16-14-32(67(64)65)24-37(41)52(3,4)47(34)61)22-44(62)55-26-28-9-12-31(13-10-28)57-50-56-27-30-23-35(49(63)59(5)48(30)58-50)45-38(53)7-6-8-39(45)54/h6-16,21,23-25,27,42-43H,17-20,22,26H2,1-5H3,(H2-,55,56,57,58,62,63,64,65)/p+1. The first kappa shape index (κ1) is 43.6. The molecule has 4 aromatic carbocycles. The zero-order valence-corrected chi connectivity index (χ0v) is 39.9. The average Bonchev–Trinajstić information content (AvgIpc) is 3.68. The molecule has 0 spiro atoms. The molecular formula is C52H48Cl2N7O5S+. The van der Waals surface area contributed by atoms with Crippen LogP contribution in [0.3, 0.4) is 0 Å². The Kier molecular flexibility index (Phi) is 10.5. The number of pyridine rings is 1. The number of aromatic nitrogens is 3. The molecule has 3 atom stereocenters. The van der Waals surface area contributed by atoms with Crippen LogP contribution in [-0.4, -0.2) is 64.8 Å². The Bertz CT molecular complexity index is 3300. The van der Waals surface area contributed by atoms with Gasteiger partial charge in [-0.05, 0) is 91.6 Å². The normalized spacial score (nSPS) is 20.1. The largest absolute Gasteiger partial charge is 0.365 e. The molecule has 11 rings (SSSR count). The number of nitrogens with zero attached hydrogens (tertiary/aromatic N) is 5. The highest BCUT2D eigenvalue weighted by atomic mass is 35.5. The van der Waals surface area contributed by atoms with Gasteiger partial charge in [0.2, 0.25) is 17.5 Å². The van der Waals surface area contributed by atoms with Crippen LogP contribution >= 0.6 is 23.2 Å². The predicted molar refractivity (Wildman–Crippen MR) is 264 cm³/mol. The monoisotopic (exact) mass is 952 g/mol. The van der Waals surface area contributed by atoms with E-state index >= 15 is 0 Å². The maximum Gasteiger partial charge on any atom is 0.259 e. The first-order chi connectivity index (χ1) is 32.1. The van der Waals surface area contributed by atoms with Crippen molar-refractivity contribution in [1.82, 2.24) is 19.9 Å². The van der Waals surface area contributed by atoms with E-state index in [1.165, 1.54) is 38.4 Å². The number of allylic oxidation sites excluding steroid dienone is 1. The van der Waals surface area contributed by atoms with Crippen molar-refractivity contribution in [2.24, 2.45) is 7.05 Å². The Labute approximate surface area is 400 Å². The number of hydrogen-bond donors (Lipinski definition) is 3. The van der Waals surface area contributed by atoms with E-state index in [9.17, 15) is 18.4 Å². The Morgan fingerprint density at radius 3 is 2.46 bits per heavy atom. The van der Waals surface area contributed by atoms with Crippen molar-refractivity contribution >= 4 is 79.9 Å². The van der Waals surface area contributed by atoms with E-state index in [4.69, 9.17) is 27.9 Å². The highest BCUT2D eigenvalue weighted by Gasteiger charge is 2.54. The molecule has 3 unspecified atom stereocenters. The predicted octanol–water partition coefficient (Wildman–Crippen LogP) is 9.41. The van der Waals surface area contributed by atoms with Crippen LogP contribution in [0, 0.1) is 0 Å². The molecular weight excluding hydrogens is 906 g/mol. The number of benzene rings is 4. The molecule has 0 fully saturated rings. The Hall–Kier alpha value is -5.96. The van der Waals surface area contributed by atoms with Gasteiger partial charge in [0, 0.05) is 89.0 Å². The summed E-state index contributed by atoms with van der Waals surface area (Å²) in [7, 11) is 1.65. The third-order valence-corrected chi connectivity index (χ3v) is 15.5. The highest BCUT2D eigenvalue weighted by molar-refractivity contribution is 7.79. The number of hydrogen-bond acceptors (Lipinski definition) is 8. The Morgan fingerprint density at radius 1 is 0.940 bits per heavy atom.